The highest BCUT2D eigenvalue weighted by molar-refractivity contribution is 5.78. The first-order chi connectivity index (χ1) is 5.68. The van der Waals surface area contributed by atoms with E-state index in [4.69, 9.17) is 5.41 Å². The van der Waals surface area contributed by atoms with Crippen LogP contribution in [0.2, 0.25) is 0 Å². The van der Waals surface area contributed by atoms with Crippen LogP contribution in [0.4, 0.5) is 4.39 Å². The van der Waals surface area contributed by atoms with Crippen LogP contribution < -0.4 is 5.32 Å². The number of nitrogens with zero attached hydrogens (tertiary/aromatic N) is 1. The van der Waals surface area contributed by atoms with Crippen molar-refractivity contribution >= 4 is 5.97 Å². The summed E-state index contributed by atoms with van der Waals surface area (Å²) in [6.07, 6.45) is 1.67. The van der Waals surface area contributed by atoms with E-state index in [0.717, 1.165) is 25.2 Å². The maximum absolute atomic E-state index is 12.7. The van der Waals surface area contributed by atoms with Crippen LogP contribution in [-0.2, 0) is 0 Å². The number of piperidine rings is 1. The largest absolute Gasteiger partial charge is 0.368 e. The minimum Gasteiger partial charge on any atom is -0.368 e. The average Bonchev–Trinajstić information content (AvgIpc) is 2.28. The minimum atomic E-state index is -0.738. The molecule has 2 saturated heterocycles. The highest BCUT2D eigenvalue weighted by Crippen LogP contribution is 2.27. The maximum Gasteiger partial charge on any atom is 0.204 e. The maximum atomic E-state index is 12.7. The molecule has 0 aromatic rings. The molecule has 2 rings (SSSR count). The van der Waals surface area contributed by atoms with Crippen LogP contribution >= 0.6 is 0 Å². The fraction of sp³-hybridized carbons (Fsp3) is 0.625. The Hall–Kier alpha value is -1.06. The molecular formula is C8H12FN3. The van der Waals surface area contributed by atoms with Crippen molar-refractivity contribution in [3.05, 3.63) is 12.4 Å². The first-order valence-electron chi connectivity index (χ1n) is 4.14. The van der Waals surface area contributed by atoms with Gasteiger partial charge in [0, 0.05) is 12.6 Å². The normalized spacial score (nSPS) is 33.4. The summed E-state index contributed by atoms with van der Waals surface area (Å²) in [6, 6.07) is 0.0665. The Morgan fingerprint density at radius 1 is 1.67 bits per heavy atom. The molecule has 0 aliphatic carbocycles. The van der Waals surface area contributed by atoms with Gasteiger partial charge in [-0.05, 0) is 12.8 Å². The zero-order valence-electron chi connectivity index (χ0n) is 6.81. The molecule has 2 aliphatic heterocycles. The standard InChI is InChI=1S/C8H12FN3/c1-5-11-6-2-3-7(8(9)10)12(5)4-6/h6-7,10-11H,1-4H2. The van der Waals surface area contributed by atoms with E-state index in [1.807, 2.05) is 4.90 Å². The molecule has 2 N–H and O–H groups in total. The monoisotopic (exact) mass is 169 g/mol. The Balaban J connectivity index is 2.18. The van der Waals surface area contributed by atoms with Crippen molar-refractivity contribution in [3.63, 3.8) is 0 Å². The molecule has 2 aliphatic rings. The third kappa shape index (κ3) is 0.983. The third-order valence-corrected chi connectivity index (χ3v) is 2.59. The lowest BCUT2D eigenvalue weighted by atomic mass is 10.0. The topological polar surface area (TPSA) is 39.1 Å². The first kappa shape index (κ1) is 7.58. The Labute approximate surface area is 70.8 Å². The molecule has 0 radical (unpaired) electrons. The number of hydrogen-bond acceptors (Lipinski definition) is 3. The van der Waals surface area contributed by atoms with Gasteiger partial charge in [0.15, 0.2) is 0 Å². The fourth-order valence-electron chi connectivity index (χ4n) is 1.97. The van der Waals surface area contributed by atoms with Crippen molar-refractivity contribution < 1.29 is 4.39 Å². The van der Waals surface area contributed by atoms with Crippen molar-refractivity contribution in [2.75, 3.05) is 6.54 Å². The van der Waals surface area contributed by atoms with Crippen molar-refractivity contribution in [1.29, 1.82) is 5.41 Å². The summed E-state index contributed by atoms with van der Waals surface area (Å²) in [7, 11) is 0. The first-order valence-corrected chi connectivity index (χ1v) is 4.14. The summed E-state index contributed by atoms with van der Waals surface area (Å²) in [5.41, 5.74) is 0. The molecule has 0 saturated carbocycles. The summed E-state index contributed by atoms with van der Waals surface area (Å²) in [4.78, 5) is 1.84. The van der Waals surface area contributed by atoms with Gasteiger partial charge in [-0.1, -0.05) is 6.58 Å². The van der Waals surface area contributed by atoms with Crippen LogP contribution in [0, 0.1) is 5.41 Å². The molecule has 2 heterocycles. The second kappa shape index (κ2) is 2.47. The summed E-state index contributed by atoms with van der Waals surface area (Å²) in [6.45, 7) is 4.58. The molecule has 66 valence electrons. The zero-order chi connectivity index (χ0) is 8.72. The quantitative estimate of drug-likeness (QED) is 0.571. The van der Waals surface area contributed by atoms with E-state index in [9.17, 15) is 4.39 Å². The van der Waals surface area contributed by atoms with Crippen molar-refractivity contribution in [2.24, 2.45) is 0 Å². The predicted octanol–water partition coefficient (Wildman–Crippen LogP) is 0.841. The van der Waals surface area contributed by atoms with Gasteiger partial charge in [0.1, 0.15) is 0 Å². The summed E-state index contributed by atoms with van der Waals surface area (Å²) in [5, 5.41) is 10.1. The van der Waals surface area contributed by atoms with E-state index >= 15 is 0 Å². The molecule has 0 amide bonds. The molecule has 12 heavy (non-hydrogen) atoms. The van der Waals surface area contributed by atoms with Gasteiger partial charge in [-0.15, -0.1) is 0 Å². The van der Waals surface area contributed by atoms with Crippen LogP contribution in [0.5, 0.6) is 0 Å². The van der Waals surface area contributed by atoms with Crippen molar-refractivity contribution in [1.82, 2.24) is 10.2 Å². The summed E-state index contributed by atoms with van der Waals surface area (Å²) in [5.74, 6) is 0.0307. The lowest BCUT2D eigenvalue weighted by Crippen LogP contribution is -2.41. The molecule has 0 aromatic carbocycles. The molecule has 2 fully saturated rings. The number of fused-ring (bicyclic) bond motifs is 2. The summed E-state index contributed by atoms with van der Waals surface area (Å²) < 4.78 is 12.7. The van der Waals surface area contributed by atoms with Gasteiger partial charge in [-0.3, -0.25) is 5.41 Å². The molecular weight excluding hydrogens is 157 g/mol. The van der Waals surface area contributed by atoms with Crippen LogP contribution in [-0.4, -0.2) is 29.5 Å². The van der Waals surface area contributed by atoms with E-state index in [1.54, 1.807) is 0 Å². The van der Waals surface area contributed by atoms with E-state index in [1.165, 1.54) is 0 Å². The van der Waals surface area contributed by atoms with E-state index in [-0.39, 0.29) is 6.04 Å². The van der Waals surface area contributed by atoms with Crippen LogP contribution in [0.15, 0.2) is 12.4 Å². The van der Waals surface area contributed by atoms with Gasteiger partial charge in [-0.2, -0.15) is 4.39 Å². The molecule has 2 atom stereocenters. The minimum absolute atomic E-state index is 0.358. The molecule has 0 aromatic heterocycles. The highest BCUT2D eigenvalue weighted by atomic mass is 19.1. The smallest absolute Gasteiger partial charge is 0.204 e. The second-order valence-corrected chi connectivity index (χ2v) is 3.38. The van der Waals surface area contributed by atoms with E-state index in [2.05, 4.69) is 11.9 Å². The van der Waals surface area contributed by atoms with Crippen molar-refractivity contribution in [3.8, 4) is 0 Å². The Morgan fingerprint density at radius 2 is 2.42 bits per heavy atom. The highest BCUT2D eigenvalue weighted by Gasteiger charge is 2.37. The lowest BCUT2D eigenvalue weighted by molar-refractivity contribution is 0.269. The predicted molar refractivity (Wildman–Crippen MR) is 44.6 cm³/mol. The van der Waals surface area contributed by atoms with Gasteiger partial charge >= 0.3 is 0 Å². The Morgan fingerprint density at radius 3 is 3.08 bits per heavy atom. The molecule has 0 spiro atoms. The van der Waals surface area contributed by atoms with Gasteiger partial charge in [0.25, 0.3) is 0 Å². The van der Waals surface area contributed by atoms with Crippen LogP contribution in [0.25, 0.3) is 0 Å². The average molecular weight is 169 g/mol. The lowest BCUT2D eigenvalue weighted by Gasteiger charge is -2.30. The zero-order valence-corrected chi connectivity index (χ0v) is 6.81. The van der Waals surface area contributed by atoms with E-state index < -0.39 is 5.97 Å². The van der Waals surface area contributed by atoms with Crippen LogP contribution in [0.1, 0.15) is 12.8 Å². The number of halogens is 1. The number of hydrogen-bond donors (Lipinski definition) is 2. The van der Waals surface area contributed by atoms with Gasteiger partial charge in [0.2, 0.25) is 5.97 Å². The second-order valence-electron chi connectivity index (χ2n) is 3.38. The molecule has 4 heteroatoms. The van der Waals surface area contributed by atoms with E-state index in [0.29, 0.717) is 6.04 Å². The molecule has 2 unspecified atom stereocenters. The van der Waals surface area contributed by atoms with Gasteiger partial charge in [-0.25, -0.2) is 0 Å². The number of rotatable bonds is 1. The van der Waals surface area contributed by atoms with Crippen LogP contribution in [0.3, 0.4) is 0 Å². The number of nitrogens with one attached hydrogen (secondary N) is 2. The fourth-order valence-corrected chi connectivity index (χ4v) is 1.97. The molecule has 3 nitrogen and oxygen atoms in total. The Bertz CT molecular complexity index is 238. The SMILES string of the molecule is C=C1NC2CCC(C(=N)F)N1C2. The van der Waals surface area contributed by atoms with Gasteiger partial charge in [0.05, 0.1) is 11.9 Å². The summed E-state index contributed by atoms with van der Waals surface area (Å²) >= 11 is 0. The van der Waals surface area contributed by atoms with Crippen molar-refractivity contribution in [2.45, 2.75) is 24.9 Å². The third-order valence-electron chi connectivity index (χ3n) is 2.59. The molecule has 2 bridgehead atoms. The Kier molecular flexibility index (Phi) is 1.56. The van der Waals surface area contributed by atoms with Gasteiger partial charge < -0.3 is 10.2 Å².